The number of hydrogen-bond donors (Lipinski definition) is 1. The van der Waals surface area contributed by atoms with Crippen LogP contribution in [-0.2, 0) is 0 Å². The van der Waals surface area contributed by atoms with E-state index in [1.807, 2.05) is 17.8 Å². The van der Waals surface area contributed by atoms with Crippen molar-refractivity contribution in [1.82, 2.24) is 4.90 Å². The fourth-order valence-electron chi connectivity index (χ4n) is 2.32. The minimum absolute atomic E-state index is 0.0643. The van der Waals surface area contributed by atoms with Crippen molar-refractivity contribution < 1.29 is 4.39 Å². The van der Waals surface area contributed by atoms with Gasteiger partial charge in [0.2, 0.25) is 0 Å². The molecular formula is C14H21FN2S. The first kappa shape index (κ1) is 13.8. The predicted molar refractivity (Wildman–Crippen MR) is 76.3 cm³/mol. The SMILES string of the molecule is CC1CN(CCC(N)c2cccc(F)c2)CCS1. The molecule has 0 bridgehead atoms. The van der Waals surface area contributed by atoms with Gasteiger partial charge in [-0.15, -0.1) is 0 Å². The van der Waals surface area contributed by atoms with Crippen LogP contribution in [0, 0.1) is 5.82 Å². The fourth-order valence-corrected chi connectivity index (χ4v) is 3.40. The lowest BCUT2D eigenvalue weighted by atomic mass is 10.0. The maximum absolute atomic E-state index is 13.1. The van der Waals surface area contributed by atoms with Crippen LogP contribution in [0.1, 0.15) is 24.9 Å². The first-order valence-corrected chi connectivity index (χ1v) is 7.55. The van der Waals surface area contributed by atoms with Gasteiger partial charge >= 0.3 is 0 Å². The number of nitrogens with zero attached hydrogens (tertiary/aromatic N) is 1. The van der Waals surface area contributed by atoms with Crippen molar-refractivity contribution in [3.05, 3.63) is 35.6 Å². The highest BCUT2D eigenvalue weighted by Gasteiger charge is 2.17. The van der Waals surface area contributed by atoms with E-state index in [4.69, 9.17) is 5.73 Å². The Morgan fingerprint density at radius 3 is 3.11 bits per heavy atom. The number of rotatable bonds is 4. The first-order chi connectivity index (χ1) is 8.65. The molecule has 1 saturated heterocycles. The summed E-state index contributed by atoms with van der Waals surface area (Å²) < 4.78 is 13.1. The molecule has 1 heterocycles. The number of benzene rings is 1. The summed E-state index contributed by atoms with van der Waals surface area (Å²) in [6, 6.07) is 6.57. The molecule has 1 fully saturated rings. The molecule has 1 aliphatic rings. The van der Waals surface area contributed by atoms with Gasteiger partial charge in [-0.25, -0.2) is 4.39 Å². The summed E-state index contributed by atoms with van der Waals surface area (Å²) in [4.78, 5) is 2.46. The van der Waals surface area contributed by atoms with Crippen molar-refractivity contribution in [2.45, 2.75) is 24.6 Å². The monoisotopic (exact) mass is 268 g/mol. The molecule has 1 aromatic rings. The number of halogens is 1. The van der Waals surface area contributed by atoms with Crippen molar-refractivity contribution in [3.8, 4) is 0 Å². The normalized spacial score (nSPS) is 22.9. The third-order valence-corrected chi connectivity index (χ3v) is 4.49. The van der Waals surface area contributed by atoms with Crippen LogP contribution < -0.4 is 5.73 Å². The molecule has 1 aromatic carbocycles. The first-order valence-electron chi connectivity index (χ1n) is 6.50. The summed E-state index contributed by atoms with van der Waals surface area (Å²) in [6.45, 7) is 5.55. The van der Waals surface area contributed by atoms with Crippen LogP contribution in [0.15, 0.2) is 24.3 Å². The molecule has 2 rings (SSSR count). The molecule has 0 aliphatic carbocycles. The smallest absolute Gasteiger partial charge is 0.123 e. The summed E-state index contributed by atoms with van der Waals surface area (Å²) in [7, 11) is 0. The standard InChI is InChI=1S/C14H21FN2S/c1-11-10-17(7-8-18-11)6-5-14(16)12-3-2-4-13(15)9-12/h2-4,9,11,14H,5-8,10,16H2,1H3. The van der Waals surface area contributed by atoms with Crippen molar-refractivity contribution in [3.63, 3.8) is 0 Å². The molecule has 100 valence electrons. The van der Waals surface area contributed by atoms with Crippen LogP contribution in [0.3, 0.4) is 0 Å². The van der Waals surface area contributed by atoms with E-state index in [0.29, 0.717) is 5.25 Å². The molecule has 2 N–H and O–H groups in total. The van der Waals surface area contributed by atoms with Crippen LogP contribution in [0.2, 0.25) is 0 Å². The second-order valence-corrected chi connectivity index (χ2v) is 6.48. The Hall–Kier alpha value is -0.580. The van der Waals surface area contributed by atoms with Crippen LogP contribution in [0.25, 0.3) is 0 Å². The zero-order chi connectivity index (χ0) is 13.0. The van der Waals surface area contributed by atoms with E-state index in [9.17, 15) is 4.39 Å². The van der Waals surface area contributed by atoms with Gasteiger partial charge in [-0.2, -0.15) is 11.8 Å². The fraction of sp³-hybridized carbons (Fsp3) is 0.571. The van der Waals surface area contributed by atoms with E-state index >= 15 is 0 Å². The molecule has 0 saturated carbocycles. The van der Waals surface area contributed by atoms with Crippen LogP contribution in [-0.4, -0.2) is 35.5 Å². The number of nitrogens with two attached hydrogens (primary N) is 1. The Balaban J connectivity index is 1.82. The summed E-state index contributed by atoms with van der Waals surface area (Å²) in [5.41, 5.74) is 7.01. The summed E-state index contributed by atoms with van der Waals surface area (Å²) >= 11 is 2.03. The lowest BCUT2D eigenvalue weighted by Crippen LogP contribution is -2.38. The molecule has 2 nitrogen and oxygen atoms in total. The minimum Gasteiger partial charge on any atom is -0.324 e. The van der Waals surface area contributed by atoms with Crippen molar-refractivity contribution in [2.75, 3.05) is 25.4 Å². The number of thioether (sulfide) groups is 1. The lowest BCUT2D eigenvalue weighted by molar-refractivity contribution is 0.275. The average Bonchev–Trinajstić information content (AvgIpc) is 2.36. The molecule has 2 atom stereocenters. The molecule has 1 aliphatic heterocycles. The van der Waals surface area contributed by atoms with Crippen molar-refractivity contribution in [2.24, 2.45) is 5.73 Å². The predicted octanol–water partition coefficient (Wildman–Crippen LogP) is 2.65. The average molecular weight is 268 g/mol. The molecule has 0 aromatic heterocycles. The van der Waals surface area contributed by atoms with E-state index in [1.165, 1.54) is 11.8 Å². The Labute approximate surface area is 113 Å². The topological polar surface area (TPSA) is 29.3 Å². The van der Waals surface area contributed by atoms with Gasteiger partial charge in [0, 0.05) is 36.7 Å². The Bertz CT molecular complexity index is 386. The third kappa shape index (κ3) is 3.97. The van der Waals surface area contributed by atoms with Gasteiger partial charge in [-0.05, 0) is 24.1 Å². The molecule has 2 unspecified atom stereocenters. The van der Waals surface area contributed by atoms with Crippen LogP contribution in [0.4, 0.5) is 4.39 Å². The van der Waals surface area contributed by atoms with Gasteiger partial charge in [0.1, 0.15) is 5.82 Å². The summed E-state index contributed by atoms with van der Waals surface area (Å²) in [5, 5.41) is 0.712. The third-order valence-electron chi connectivity index (χ3n) is 3.36. The van der Waals surface area contributed by atoms with Gasteiger partial charge in [0.25, 0.3) is 0 Å². The molecule has 0 spiro atoms. The molecule has 0 radical (unpaired) electrons. The Morgan fingerprint density at radius 1 is 1.56 bits per heavy atom. The van der Waals surface area contributed by atoms with E-state index in [1.54, 1.807) is 12.1 Å². The quantitative estimate of drug-likeness (QED) is 0.910. The van der Waals surface area contributed by atoms with E-state index in [2.05, 4.69) is 11.8 Å². The minimum atomic E-state index is -0.203. The zero-order valence-corrected chi connectivity index (χ0v) is 11.6. The second-order valence-electron chi connectivity index (χ2n) is 4.93. The van der Waals surface area contributed by atoms with Gasteiger partial charge in [-0.1, -0.05) is 19.1 Å². The van der Waals surface area contributed by atoms with Crippen LogP contribution >= 0.6 is 11.8 Å². The maximum Gasteiger partial charge on any atom is 0.123 e. The Morgan fingerprint density at radius 2 is 2.39 bits per heavy atom. The molecule has 4 heteroatoms. The van der Waals surface area contributed by atoms with E-state index < -0.39 is 0 Å². The van der Waals surface area contributed by atoms with Gasteiger partial charge in [0.15, 0.2) is 0 Å². The molecule has 0 amide bonds. The highest BCUT2D eigenvalue weighted by atomic mass is 32.2. The Kier molecular flexibility index (Phi) is 5.03. The van der Waals surface area contributed by atoms with E-state index in [-0.39, 0.29) is 11.9 Å². The largest absolute Gasteiger partial charge is 0.324 e. The maximum atomic E-state index is 13.1. The molecule has 18 heavy (non-hydrogen) atoms. The van der Waals surface area contributed by atoms with Crippen molar-refractivity contribution in [1.29, 1.82) is 0 Å². The second kappa shape index (κ2) is 6.55. The highest BCUT2D eigenvalue weighted by molar-refractivity contribution is 7.99. The van der Waals surface area contributed by atoms with Gasteiger partial charge in [0.05, 0.1) is 0 Å². The van der Waals surface area contributed by atoms with Crippen molar-refractivity contribution >= 4 is 11.8 Å². The van der Waals surface area contributed by atoms with E-state index in [0.717, 1.165) is 31.6 Å². The lowest BCUT2D eigenvalue weighted by Gasteiger charge is -2.31. The zero-order valence-electron chi connectivity index (χ0n) is 10.8. The summed E-state index contributed by atoms with van der Waals surface area (Å²) in [6.07, 6.45) is 0.890. The highest BCUT2D eigenvalue weighted by Crippen LogP contribution is 2.20. The van der Waals surface area contributed by atoms with Crippen LogP contribution in [0.5, 0.6) is 0 Å². The summed E-state index contributed by atoms with van der Waals surface area (Å²) in [5.74, 6) is 1.00. The van der Waals surface area contributed by atoms with Gasteiger partial charge < -0.3 is 10.6 Å². The molecular weight excluding hydrogens is 247 g/mol. The number of hydrogen-bond acceptors (Lipinski definition) is 3. The van der Waals surface area contributed by atoms with Gasteiger partial charge in [-0.3, -0.25) is 0 Å².